The van der Waals surface area contributed by atoms with Crippen LogP contribution in [0.4, 0.5) is 5.69 Å². The van der Waals surface area contributed by atoms with Crippen molar-refractivity contribution in [1.29, 1.82) is 0 Å². The van der Waals surface area contributed by atoms with Crippen LogP contribution in [0.5, 0.6) is 0 Å². The normalized spacial score (nSPS) is 22.2. The SMILES string of the molecule is CC1OCCC1C(=O)Nc1cccc(CC(=O)O)c1. The van der Waals surface area contributed by atoms with Crippen molar-refractivity contribution in [3.05, 3.63) is 29.8 Å². The van der Waals surface area contributed by atoms with E-state index < -0.39 is 5.97 Å². The Balaban J connectivity index is 2.02. The van der Waals surface area contributed by atoms with Crippen molar-refractivity contribution < 1.29 is 19.4 Å². The summed E-state index contributed by atoms with van der Waals surface area (Å²) in [7, 11) is 0. The summed E-state index contributed by atoms with van der Waals surface area (Å²) in [5.74, 6) is -1.10. The number of amides is 1. The largest absolute Gasteiger partial charge is 0.481 e. The summed E-state index contributed by atoms with van der Waals surface area (Å²) in [5, 5.41) is 11.6. The van der Waals surface area contributed by atoms with E-state index in [1.54, 1.807) is 24.3 Å². The minimum atomic E-state index is -0.888. The van der Waals surface area contributed by atoms with Crippen LogP contribution in [-0.4, -0.2) is 29.7 Å². The molecule has 1 aliphatic heterocycles. The molecule has 2 rings (SSSR count). The van der Waals surface area contributed by atoms with Gasteiger partial charge in [-0.25, -0.2) is 0 Å². The zero-order valence-corrected chi connectivity index (χ0v) is 10.8. The van der Waals surface area contributed by atoms with E-state index in [1.807, 2.05) is 6.92 Å². The topological polar surface area (TPSA) is 75.6 Å². The van der Waals surface area contributed by atoms with Crippen LogP contribution in [0, 0.1) is 5.92 Å². The fourth-order valence-corrected chi connectivity index (χ4v) is 2.24. The maximum Gasteiger partial charge on any atom is 0.307 e. The maximum atomic E-state index is 12.1. The molecule has 2 N–H and O–H groups in total. The van der Waals surface area contributed by atoms with E-state index in [2.05, 4.69) is 5.32 Å². The lowest BCUT2D eigenvalue weighted by atomic mass is 10.0. The number of anilines is 1. The second-order valence-electron chi connectivity index (χ2n) is 4.73. The summed E-state index contributed by atoms with van der Waals surface area (Å²) in [6, 6.07) is 6.91. The molecule has 1 aliphatic rings. The van der Waals surface area contributed by atoms with E-state index in [0.29, 0.717) is 17.9 Å². The molecule has 19 heavy (non-hydrogen) atoms. The fraction of sp³-hybridized carbons (Fsp3) is 0.429. The molecule has 0 radical (unpaired) electrons. The number of hydrogen-bond donors (Lipinski definition) is 2. The third kappa shape index (κ3) is 3.54. The van der Waals surface area contributed by atoms with E-state index in [0.717, 1.165) is 6.42 Å². The number of ether oxygens (including phenoxy) is 1. The molecule has 0 bridgehead atoms. The number of carbonyl (C=O) groups is 2. The fourth-order valence-electron chi connectivity index (χ4n) is 2.24. The van der Waals surface area contributed by atoms with Crippen molar-refractivity contribution in [2.24, 2.45) is 5.92 Å². The molecule has 0 spiro atoms. The maximum absolute atomic E-state index is 12.1. The van der Waals surface area contributed by atoms with Gasteiger partial charge >= 0.3 is 5.97 Å². The van der Waals surface area contributed by atoms with E-state index in [9.17, 15) is 9.59 Å². The van der Waals surface area contributed by atoms with Gasteiger partial charge in [0.05, 0.1) is 18.4 Å². The van der Waals surface area contributed by atoms with Gasteiger partial charge in [-0.15, -0.1) is 0 Å². The first-order valence-corrected chi connectivity index (χ1v) is 6.29. The van der Waals surface area contributed by atoms with Crippen molar-refractivity contribution in [3.63, 3.8) is 0 Å². The van der Waals surface area contributed by atoms with Gasteiger partial charge in [-0.05, 0) is 31.0 Å². The van der Waals surface area contributed by atoms with Crippen molar-refractivity contribution in [2.75, 3.05) is 11.9 Å². The third-order valence-corrected chi connectivity index (χ3v) is 3.26. The second kappa shape index (κ2) is 5.84. The molecule has 5 nitrogen and oxygen atoms in total. The molecule has 0 saturated carbocycles. The summed E-state index contributed by atoms with van der Waals surface area (Å²) in [6.45, 7) is 2.50. The number of hydrogen-bond acceptors (Lipinski definition) is 3. The minimum absolute atomic E-state index is 0.0490. The lowest BCUT2D eigenvalue weighted by Crippen LogP contribution is -2.27. The number of carboxylic acid groups (broad SMARTS) is 1. The Kier molecular flexibility index (Phi) is 4.16. The highest BCUT2D eigenvalue weighted by molar-refractivity contribution is 5.93. The average molecular weight is 263 g/mol. The smallest absolute Gasteiger partial charge is 0.307 e. The molecule has 0 aromatic heterocycles. The Morgan fingerprint density at radius 3 is 2.89 bits per heavy atom. The van der Waals surface area contributed by atoms with Gasteiger partial charge in [0, 0.05) is 12.3 Å². The molecule has 2 atom stereocenters. The highest BCUT2D eigenvalue weighted by Crippen LogP contribution is 2.22. The predicted octanol–water partition coefficient (Wildman–Crippen LogP) is 1.68. The van der Waals surface area contributed by atoms with Crippen molar-refractivity contribution >= 4 is 17.6 Å². The molecule has 5 heteroatoms. The van der Waals surface area contributed by atoms with Crippen LogP contribution in [0.25, 0.3) is 0 Å². The van der Waals surface area contributed by atoms with Gasteiger partial charge < -0.3 is 15.2 Å². The quantitative estimate of drug-likeness (QED) is 0.866. The molecule has 1 aromatic rings. The van der Waals surface area contributed by atoms with Crippen LogP contribution in [0.3, 0.4) is 0 Å². The molecule has 1 saturated heterocycles. The van der Waals surface area contributed by atoms with Gasteiger partial charge in [0.15, 0.2) is 0 Å². The third-order valence-electron chi connectivity index (χ3n) is 3.26. The van der Waals surface area contributed by atoms with Crippen LogP contribution in [-0.2, 0) is 20.7 Å². The molecular formula is C14H17NO4. The van der Waals surface area contributed by atoms with E-state index >= 15 is 0 Å². The van der Waals surface area contributed by atoms with Gasteiger partial charge in [0.25, 0.3) is 0 Å². The monoisotopic (exact) mass is 263 g/mol. The highest BCUT2D eigenvalue weighted by Gasteiger charge is 2.30. The zero-order valence-electron chi connectivity index (χ0n) is 10.8. The Morgan fingerprint density at radius 1 is 1.47 bits per heavy atom. The van der Waals surface area contributed by atoms with Crippen LogP contribution in [0.2, 0.25) is 0 Å². The zero-order chi connectivity index (χ0) is 13.8. The van der Waals surface area contributed by atoms with Gasteiger partial charge in [0.2, 0.25) is 5.91 Å². The number of carboxylic acids is 1. The molecule has 1 fully saturated rings. The van der Waals surface area contributed by atoms with Crippen LogP contribution in [0.1, 0.15) is 18.9 Å². The number of aliphatic carboxylic acids is 1. The van der Waals surface area contributed by atoms with Crippen molar-refractivity contribution in [3.8, 4) is 0 Å². The van der Waals surface area contributed by atoms with Gasteiger partial charge in [-0.1, -0.05) is 12.1 Å². The van der Waals surface area contributed by atoms with E-state index in [1.165, 1.54) is 0 Å². The highest BCUT2D eigenvalue weighted by atomic mass is 16.5. The summed E-state index contributed by atoms with van der Waals surface area (Å²) >= 11 is 0. The van der Waals surface area contributed by atoms with Gasteiger partial charge in [-0.2, -0.15) is 0 Å². The van der Waals surface area contributed by atoms with Crippen LogP contribution in [0.15, 0.2) is 24.3 Å². The standard InChI is InChI=1S/C14H17NO4/c1-9-12(5-6-19-9)14(18)15-11-4-2-3-10(7-11)8-13(16)17/h2-4,7,9,12H,5-6,8H2,1H3,(H,15,18)(H,16,17). The number of nitrogens with one attached hydrogen (secondary N) is 1. The average Bonchev–Trinajstić information content (AvgIpc) is 2.75. The summed E-state index contributed by atoms with van der Waals surface area (Å²) in [6.07, 6.45) is 0.608. The molecule has 1 amide bonds. The van der Waals surface area contributed by atoms with E-state index in [4.69, 9.17) is 9.84 Å². The second-order valence-corrected chi connectivity index (χ2v) is 4.73. The van der Waals surface area contributed by atoms with Crippen molar-refractivity contribution in [2.45, 2.75) is 25.9 Å². The number of carbonyl (C=O) groups excluding carboxylic acids is 1. The van der Waals surface area contributed by atoms with Gasteiger partial charge in [-0.3, -0.25) is 9.59 Å². The lowest BCUT2D eigenvalue weighted by molar-refractivity contribution is -0.136. The first-order valence-electron chi connectivity index (χ1n) is 6.29. The van der Waals surface area contributed by atoms with Crippen LogP contribution >= 0.6 is 0 Å². The lowest BCUT2D eigenvalue weighted by Gasteiger charge is -2.14. The molecule has 1 heterocycles. The number of benzene rings is 1. The van der Waals surface area contributed by atoms with Gasteiger partial charge in [0.1, 0.15) is 0 Å². The summed E-state index contributed by atoms with van der Waals surface area (Å²) in [5.41, 5.74) is 1.30. The first kappa shape index (κ1) is 13.5. The molecule has 102 valence electrons. The minimum Gasteiger partial charge on any atom is -0.481 e. The molecule has 2 unspecified atom stereocenters. The predicted molar refractivity (Wildman–Crippen MR) is 69.9 cm³/mol. The first-order chi connectivity index (χ1) is 9.06. The Morgan fingerprint density at radius 2 is 2.26 bits per heavy atom. The number of rotatable bonds is 4. The summed E-state index contributed by atoms with van der Waals surface area (Å²) < 4.78 is 5.36. The molecule has 0 aliphatic carbocycles. The molecule has 1 aromatic carbocycles. The summed E-state index contributed by atoms with van der Waals surface area (Å²) in [4.78, 5) is 22.7. The molecular weight excluding hydrogens is 246 g/mol. The van der Waals surface area contributed by atoms with E-state index in [-0.39, 0.29) is 24.3 Å². The van der Waals surface area contributed by atoms with Crippen LogP contribution < -0.4 is 5.32 Å². The Hall–Kier alpha value is -1.88. The Bertz CT molecular complexity index is 486. The Labute approximate surface area is 111 Å². The van der Waals surface area contributed by atoms with Crippen molar-refractivity contribution in [1.82, 2.24) is 0 Å².